The lowest BCUT2D eigenvalue weighted by molar-refractivity contribution is 0.297. The number of hydrogen-bond donors (Lipinski definition) is 1. The number of rotatable bonds is 4. The molecule has 4 heteroatoms. The van der Waals surface area contributed by atoms with Crippen LogP contribution >= 0.6 is 11.3 Å². The first-order valence-corrected chi connectivity index (χ1v) is 7.52. The van der Waals surface area contributed by atoms with Gasteiger partial charge >= 0.3 is 0 Å². The van der Waals surface area contributed by atoms with Crippen molar-refractivity contribution >= 4 is 11.3 Å². The molecule has 0 bridgehead atoms. The average molecular weight is 253 g/mol. The van der Waals surface area contributed by atoms with Gasteiger partial charge in [-0.15, -0.1) is 11.3 Å². The van der Waals surface area contributed by atoms with E-state index in [0.29, 0.717) is 6.04 Å². The lowest BCUT2D eigenvalue weighted by atomic mass is 10.1. The lowest BCUT2D eigenvalue weighted by Gasteiger charge is -2.18. The van der Waals surface area contributed by atoms with Crippen LogP contribution in [0.4, 0.5) is 0 Å². The smallest absolute Gasteiger partial charge is 0.107 e. The largest absolute Gasteiger partial charge is 0.308 e. The van der Waals surface area contributed by atoms with Gasteiger partial charge in [0.05, 0.1) is 0 Å². The maximum atomic E-state index is 4.50. The van der Waals surface area contributed by atoms with Crippen molar-refractivity contribution in [1.29, 1.82) is 0 Å². The van der Waals surface area contributed by atoms with Gasteiger partial charge in [0.15, 0.2) is 0 Å². The van der Waals surface area contributed by atoms with Gasteiger partial charge in [0.1, 0.15) is 5.01 Å². The third-order valence-electron chi connectivity index (χ3n) is 3.48. The monoisotopic (exact) mass is 253 g/mol. The van der Waals surface area contributed by atoms with Crippen LogP contribution in [0, 0.1) is 6.92 Å². The Bertz CT molecular complexity index is 337. The minimum atomic E-state index is 0.677. The van der Waals surface area contributed by atoms with Crippen molar-refractivity contribution in [3.63, 3.8) is 0 Å². The molecule has 96 valence electrons. The van der Waals surface area contributed by atoms with E-state index in [-0.39, 0.29) is 0 Å². The SMILES string of the molecule is CCN1CCCC(NCc2nc(C)cs2)CC1. The molecule has 1 aromatic rings. The number of thiazole rings is 1. The quantitative estimate of drug-likeness (QED) is 0.893. The van der Waals surface area contributed by atoms with Crippen molar-refractivity contribution in [1.82, 2.24) is 15.2 Å². The van der Waals surface area contributed by atoms with Crippen molar-refractivity contribution in [2.45, 2.75) is 45.7 Å². The van der Waals surface area contributed by atoms with Crippen molar-refractivity contribution in [2.24, 2.45) is 0 Å². The molecule has 1 fully saturated rings. The van der Waals surface area contributed by atoms with Gasteiger partial charge in [0, 0.05) is 23.7 Å². The molecule has 0 aliphatic carbocycles. The summed E-state index contributed by atoms with van der Waals surface area (Å²) in [7, 11) is 0. The second-order valence-electron chi connectivity index (χ2n) is 4.83. The van der Waals surface area contributed by atoms with E-state index in [2.05, 4.69) is 34.4 Å². The van der Waals surface area contributed by atoms with Gasteiger partial charge in [0.25, 0.3) is 0 Å². The number of likely N-dealkylation sites (tertiary alicyclic amines) is 1. The van der Waals surface area contributed by atoms with Gasteiger partial charge in [-0.25, -0.2) is 4.98 Å². The fourth-order valence-electron chi connectivity index (χ4n) is 2.39. The van der Waals surface area contributed by atoms with Crippen LogP contribution in [0.1, 0.15) is 36.9 Å². The molecule has 2 heterocycles. The number of nitrogens with zero attached hydrogens (tertiary/aromatic N) is 2. The maximum Gasteiger partial charge on any atom is 0.107 e. The third-order valence-corrected chi connectivity index (χ3v) is 4.44. The summed E-state index contributed by atoms with van der Waals surface area (Å²) in [6.07, 6.45) is 3.90. The minimum absolute atomic E-state index is 0.677. The highest BCUT2D eigenvalue weighted by molar-refractivity contribution is 7.09. The van der Waals surface area contributed by atoms with E-state index in [1.54, 1.807) is 11.3 Å². The second-order valence-corrected chi connectivity index (χ2v) is 5.77. The highest BCUT2D eigenvalue weighted by Crippen LogP contribution is 2.13. The Morgan fingerprint density at radius 1 is 1.47 bits per heavy atom. The Morgan fingerprint density at radius 3 is 3.06 bits per heavy atom. The zero-order valence-electron chi connectivity index (χ0n) is 10.9. The predicted molar refractivity (Wildman–Crippen MR) is 73.4 cm³/mol. The molecule has 3 nitrogen and oxygen atoms in total. The fraction of sp³-hybridized carbons (Fsp3) is 0.769. The van der Waals surface area contributed by atoms with Crippen molar-refractivity contribution in [2.75, 3.05) is 19.6 Å². The van der Waals surface area contributed by atoms with Crippen LogP contribution in [-0.4, -0.2) is 35.6 Å². The molecule has 1 aliphatic rings. The summed E-state index contributed by atoms with van der Waals surface area (Å²) < 4.78 is 0. The molecule has 0 aromatic carbocycles. The summed E-state index contributed by atoms with van der Waals surface area (Å²) in [6, 6.07) is 0.677. The highest BCUT2D eigenvalue weighted by atomic mass is 32.1. The van der Waals surface area contributed by atoms with E-state index in [9.17, 15) is 0 Å². The first-order valence-electron chi connectivity index (χ1n) is 6.64. The topological polar surface area (TPSA) is 28.2 Å². The van der Waals surface area contributed by atoms with Crippen LogP contribution in [0.2, 0.25) is 0 Å². The molecule has 1 aromatic heterocycles. The molecule has 2 rings (SSSR count). The van der Waals surface area contributed by atoms with Crippen molar-refractivity contribution < 1.29 is 0 Å². The molecule has 0 spiro atoms. The molecule has 1 atom stereocenters. The zero-order valence-corrected chi connectivity index (χ0v) is 11.7. The van der Waals surface area contributed by atoms with E-state index in [4.69, 9.17) is 0 Å². The van der Waals surface area contributed by atoms with Crippen LogP contribution in [-0.2, 0) is 6.54 Å². The summed E-state index contributed by atoms with van der Waals surface area (Å²) in [5, 5.41) is 7.01. The first-order chi connectivity index (χ1) is 8.28. The van der Waals surface area contributed by atoms with Crippen LogP contribution in [0.5, 0.6) is 0 Å². The number of aromatic nitrogens is 1. The molecule has 1 saturated heterocycles. The van der Waals surface area contributed by atoms with E-state index in [1.165, 1.54) is 43.9 Å². The Kier molecular flexibility index (Phi) is 4.95. The van der Waals surface area contributed by atoms with Gasteiger partial charge in [0.2, 0.25) is 0 Å². The number of hydrogen-bond acceptors (Lipinski definition) is 4. The summed E-state index contributed by atoms with van der Waals surface area (Å²) in [5.41, 5.74) is 1.14. The van der Waals surface area contributed by atoms with Gasteiger partial charge in [-0.05, 0) is 45.8 Å². The molecule has 1 unspecified atom stereocenters. The minimum Gasteiger partial charge on any atom is -0.308 e. The fourth-order valence-corrected chi connectivity index (χ4v) is 3.11. The Hall–Kier alpha value is -0.450. The summed E-state index contributed by atoms with van der Waals surface area (Å²) >= 11 is 1.76. The van der Waals surface area contributed by atoms with Gasteiger partial charge in [-0.2, -0.15) is 0 Å². The van der Waals surface area contributed by atoms with Crippen molar-refractivity contribution in [3.05, 3.63) is 16.1 Å². The maximum absolute atomic E-state index is 4.50. The van der Waals surface area contributed by atoms with E-state index < -0.39 is 0 Å². The predicted octanol–water partition coefficient (Wildman–Crippen LogP) is 2.42. The van der Waals surface area contributed by atoms with E-state index >= 15 is 0 Å². The lowest BCUT2D eigenvalue weighted by Crippen LogP contribution is -2.30. The van der Waals surface area contributed by atoms with Gasteiger partial charge < -0.3 is 10.2 Å². The molecule has 0 amide bonds. The normalized spacial score (nSPS) is 22.6. The Morgan fingerprint density at radius 2 is 2.35 bits per heavy atom. The average Bonchev–Trinajstić information content (AvgIpc) is 2.63. The standard InChI is InChI=1S/C13H23N3S/c1-3-16-7-4-5-12(6-8-16)14-9-13-15-11(2)10-17-13/h10,12,14H,3-9H2,1-2H3. The molecular formula is C13H23N3S. The van der Waals surface area contributed by atoms with Crippen molar-refractivity contribution in [3.8, 4) is 0 Å². The number of nitrogens with one attached hydrogen (secondary N) is 1. The van der Waals surface area contributed by atoms with Crippen LogP contribution < -0.4 is 5.32 Å². The number of aryl methyl sites for hydroxylation is 1. The summed E-state index contributed by atoms with van der Waals surface area (Å²) in [5.74, 6) is 0. The second kappa shape index (κ2) is 6.47. The molecule has 0 saturated carbocycles. The molecule has 0 radical (unpaired) electrons. The summed E-state index contributed by atoms with van der Waals surface area (Å²) in [6.45, 7) is 8.96. The summed E-state index contributed by atoms with van der Waals surface area (Å²) in [4.78, 5) is 7.05. The van der Waals surface area contributed by atoms with Crippen LogP contribution in [0.15, 0.2) is 5.38 Å². The van der Waals surface area contributed by atoms with E-state index in [1.807, 2.05) is 0 Å². The molecule has 17 heavy (non-hydrogen) atoms. The van der Waals surface area contributed by atoms with Gasteiger partial charge in [-0.1, -0.05) is 6.92 Å². The van der Waals surface area contributed by atoms with Crippen LogP contribution in [0.3, 0.4) is 0 Å². The molecule has 1 N–H and O–H groups in total. The Labute approximate surface area is 108 Å². The van der Waals surface area contributed by atoms with Gasteiger partial charge in [-0.3, -0.25) is 0 Å². The molecular weight excluding hydrogens is 230 g/mol. The molecule has 1 aliphatic heterocycles. The third kappa shape index (κ3) is 4.05. The van der Waals surface area contributed by atoms with Crippen LogP contribution in [0.25, 0.3) is 0 Å². The Balaban J connectivity index is 1.75. The first kappa shape index (κ1) is 13.0. The zero-order chi connectivity index (χ0) is 12.1. The highest BCUT2D eigenvalue weighted by Gasteiger charge is 2.15. The van der Waals surface area contributed by atoms with E-state index in [0.717, 1.165) is 12.2 Å².